The number of hydrogen-bond donors (Lipinski definition) is 1. The molecule has 0 fully saturated rings. The molecule has 0 saturated carbocycles. The van der Waals surface area contributed by atoms with Crippen molar-refractivity contribution in [1.82, 2.24) is 5.32 Å². The topological polar surface area (TPSA) is 12.0 Å². The zero-order valence-electron chi connectivity index (χ0n) is 12.7. The summed E-state index contributed by atoms with van der Waals surface area (Å²) in [5, 5.41) is 4.62. The number of hydrogen-bond acceptors (Lipinski definition) is 1. The first-order valence-corrected chi connectivity index (χ1v) is 7.92. The van der Waals surface area contributed by atoms with Gasteiger partial charge in [-0.15, -0.1) is 0 Å². The fourth-order valence-electron chi connectivity index (χ4n) is 2.44. The molecule has 0 amide bonds. The van der Waals surface area contributed by atoms with E-state index < -0.39 is 0 Å². The highest BCUT2D eigenvalue weighted by atomic mass is 35.5. The Bertz CT molecular complexity index is 569. The third-order valence-electron chi connectivity index (χ3n) is 3.93. The lowest BCUT2D eigenvalue weighted by Crippen LogP contribution is -2.29. The van der Waals surface area contributed by atoms with Gasteiger partial charge in [0.25, 0.3) is 0 Å². The van der Waals surface area contributed by atoms with Gasteiger partial charge in [0.1, 0.15) is 0 Å². The van der Waals surface area contributed by atoms with Gasteiger partial charge in [0.05, 0.1) is 10.0 Å². The second-order valence-corrected chi connectivity index (χ2v) is 6.38. The summed E-state index contributed by atoms with van der Waals surface area (Å²) in [6.45, 7) is 4.30. The van der Waals surface area contributed by atoms with Gasteiger partial charge >= 0.3 is 0 Å². The molecule has 21 heavy (non-hydrogen) atoms. The summed E-state index contributed by atoms with van der Waals surface area (Å²) in [5.41, 5.74) is 5.24. The first kappa shape index (κ1) is 16.4. The van der Waals surface area contributed by atoms with E-state index in [0.717, 1.165) is 12.8 Å². The van der Waals surface area contributed by atoms with E-state index in [1.807, 2.05) is 25.2 Å². The second kappa shape index (κ2) is 7.31. The van der Waals surface area contributed by atoms with Crippen molar-refractivity contribution in [1.29, 1.82) is 0 Å². The molecule has 112 valence electrons. The van der Waals surface area contributed by atoms with Crippen molar-refractivity contribution in [3.63, 3.8) is 0 Å². The standard InChI is InChI=1S/C18H21Cl2N/c1-12-4-5-14(8-13(12)2)9-16(21-3)10-15-6-7-17(19)18(20)11-15/h4-8,11,16,21H,9-10H2,1-3H3. The van der Waals surface area contributed by atoms with Gasteiger partial charge in [0.15, 0.2) is 0 Å². The molecular weight excluding hydrogens is 301 g/mol. The SMILES string of the molecule is CNC(Cc1ccc(C)c(C)c1)Cc1ccc(Cl)c(Cl)c1. The van der Waals surface area contributed by atoms with Crippen LogP contribution < -0.4 is 5.32 Å². The Hall–Kier alpha value is -1.02. The molecule has 2 aromatic rings. The van der Waals surface area contributed by atoms with Crippen LogP contribution in [-0.2, 0) is 12.8 Å². The van der Waals surface area contributed by atoms with Crippen LogP contribution in [0, 0.1) is 13.8 Å². The Labute approximate surface area is 137 Å². The average Bonchev–Trinajstić information content (AvgIpc) is 2.46. The molecule has 0 bridgehead atoms. The maximum absolute atomic E-state index is 6.09. The van der Waals surface area contributed by atoms with E-state index in [4.69, 9.17) is 23.2 Å². The second-order valence-electron chi connectivity index (χ2n) is 5.56. The Kier molecular flexibility index (Phi) is 5.69. The fourth-order valence-corrected chi connectivity index (χ4v) is 2.76. The summed E-state index contributed by atoms with van der Waals surface area (Å²) in [6, 6.07) is 12.9. The van der Waals surface area contributed by atoms with Crippen LogP contribution in [0.4, 0.5) is 0 Å². The summed E-state index contributed by atoms with van der Waals surface area (Å²) < 4.78 is 0. The minimum Gasteiger partial charge on any atom is -0.316 e. The molecule has 0 spiro atoms. The molecule has 3 heteroatoms. The third kappa shape index (κ3) is 4.47. The summed E-state index contributed by atoms with van der Waals surface area (Å²) in [5.74, 6) is 0. The van der Waals surface area contributed by atoms with Crippen LogP contribution in [0.2, 0.25) is 10.0 Å². The molecule has 0 aromatic heterocycles. The summed E-state index contributed by atoms with van der Waals surface area (Å²) in [4.78, 5) is 0. The number of likely N-dealkylation sites (N-methyl/N-ethyl adjacent to an activating group) is 1. The van der Waals surface area contributed by atoms with Crippen molar-refractivity contribution in [3.05, 3.63) is 68.7 Å². The number of rotatable bonds is 5. The van der Waals surface area contributed by atoms with Crippen LogP contribution in [0.25, 0.3) is 0 Å². The highest BCUT2D eigenvalue weighted by Crippen LogP contribution is 2.23. The maximum atomic E-state index is 6.09. The monoisotopic (exact) mass is 321 g/mol. The molecule has 0 aliphatic rings. The van der Waals surface area contributed by atoms with Crippen LogP contribution in [0.15, 0.2) is 36.4 Å². The van der Waals surface area contributed by atoms with Crippen molar-refractivity contribution in [3.8, 4) is 0 Å². The number of nitrogens with one attached hydrogen (secondary N) is 1. The summed E-state index contributed by atoms with van der Waals surface area (Å²) in [7, 11) is 2.00. The van der Waals surface area contributed by atoms with Crippen molar-refractivity contribution in [2.24, 2.45) is 0 Å². The highest BCUT2D eigenvalue weighted by molar-refractivity contribution is 6.42. The molecule has 0 saturated heterocycles. The summed E-state index contributed by atoms with van der Waals surface area (Å²) >= 11 is 12.1. The summed E-state index contributed by atoms with van der Waals surface area (Å²) in [6.07, 6.45) is 1.93. The first-order chi connectivity index (χ1) is 9.99. The quantitative estimate of drug-likeness (QED) is 0.818. The van der Waals surface area contributed by atoms with Gasteiger partial charge < -0.3 is 5.32 Å². The van der Waals surface area contributed by atoms with Crippen LogP contribution in [0.3, 0.4) is 0 Å². The van der Waals surface area contributed by atoms with Crippen molar-refractivity contribution in [2.75, 3.05) is 7.05 Å². The minimum atomic E-state index is 0.379. The average molecular weight is 322 g/mol. The van der Waals surface area contributed by atoms with Gasteiger partial charge in [-0.2, -0.15) is 0 Å². The lowest BCUT2D eigenvalue weighted by atomic mass is 9.97. The van der Waals surface area contributed by atoms with Gasteiger partial charge in [-0.3, -0.25) is 0 Å². The number of benzene rings is 2. The molecule has 2 rings (SSSR count). The zero-order valence-corrected chi connectivity index (χ0v) is 14.2. The van der Waals surface area contributed by atoms with Crippen LogP contribution in [0.5, 0.6) is 0 Å². The molecule has 1 nitrogen and oxygen atoms in total. The van der Waals surface area contributed by atoms with Crippen molar-refractivity contribution < 1.29 is 0 Å². The smallest absolute Gasteiger partial charge is 0.0595 e. The molecular formula is C18H21Cl2N. The van der Waals surface area contributed by atoms with Gasteiger partial charge in [0, 0.05) is 6.04 Å². The van der Waals surface area contributed by atoms with Crippen molar-refractivity contribution >= 4 is 23.2 Å². The normalized spacial score (nSPS) is 12.4. The molecule has 1 N–H and O–H groups in total. The van der Waals surface area contributed by atoms with Gasteiger partial charge in [-0.25, -0.2) is 0 Å². The van der Waals surface area contributed by atoms with Crippen LogP contribution in [-0.4, -0.2) is 13.1 Å². The Morgan fingerprint density at radius 2 is 1.48 bits per heavy atom. The van der Waals surface area contributed by atoms with E-state index in [1.165, 1.54) is 22.3 Å². The fraction of sp³-hybridized carbons (Fsp3) is 0.333. The van der Waals surface area contributed by atoms with E-state index in [2.05, 4.69) is 37.4 Å². The predicted octanol–water partition coefficient (Wildman–Crippen LogP) is 4.98. The first-order valence-electron chi connectivity index (χ1n) is 7.17. The lowest BCUT2D eigenvalue weighted by Gasteiger charge is -2.17. The Balaban J connectivity index is 2.08. The van der Waals surface area contributed by atoms with E-state index in [-0.39, 0.29) is 0 Å². The zero-order chi connectivity index (χ0) is 15.4. The highest BCUT2D eigenvalue weighted by Gasteiger charge is 2.10. The molecule has 0 heterocycles. The molecule has 0 aliphatic carbocycles. The Morgan fingerprint density at radius 3 is 2.05 bits per heavy atom. The van der Waals surface area contributed by atoms with Crippen molar-refractivity contribution in [2.45, 2.75) is 32.7 Å². The predicted molar refractivity (Wildman–Crippen MR) is 92.6 cm³/mol. The third-order valence-corrected chi connectivity index (χ3v) is 4.67. The van der Waals surface area contributed by atoms with E-state index in [9.17, 15) is 0 Å². The molecule has 2 aromatic carbocycles. The lowest BCUT2D eigenvalue weighted by molar-refractivity contribution is 0.556. The van der Waals surface area contributed by atoms with Crippen LogP contribution in [0.1, 0.15) is 22.3 Å². The number of halogens is 2. The van der Waals surface area contributed by atoms with E-state index >= 15 is 0 Å². The number of aryl methyl sites for hydroxylation is 2. The molecule has 1 atom stereocenters. The largest absolute Gasteiger partial charge is 0.316 e. The maximum Gasteiger partial charge on any atom is 0.0595 e. The molecule has 0 aliphatic heterocycles. The van der Waals surface area contributed by atoms with E-state index in [1.54, 1.807) is 0 Å². The van der Waals surface area contributed by atoms with Gasteiger partial charge in [-0.05, 0) is 68.1 Å². The Morgan fingerprint density at radius 1 is 0.857 bits per heavy atom. The van der Waals surface area contributed by atoms with Gasteiger partial charge in [-0.1, -0.05) is 47.5 Å². The van der Waals surface area contributed by atoms with E-state index in [0.29, 0.717) is 16.1 Å². The molecule has 1 unspecified atom stereocenters. The van der Waals surface area contributed by atoms with Crippen LogP contribution >= 0.6 is 23.2 Å². The molecule has 0 radical (unpaired) electrons. The minimum absolute atomic E-state index is 0.379. The van der Waals surface area contributed by atoms with Gasteiger partial charge in [0.2, 0.25) is 0 Å².